The fourth-order valence-corrected chi connectivity index (χ4v) is 3.34. The average molecular weight is 372 g/mol. The number of likely N-dealkylation sites (tertiary alicyclic amines) is 1. The number of carbonyl (C=O) groups excluding carboxylic acids is 1. The minimum absolute atomic E-state index is 0.0650. The molecule has 1 aromatic rings. The molecule has 120 valence electrons. The topological polar surface area (TPSA) is 38.8 Å². The highest BCUT2D eigenvalue weighted by molar-refractivity contribution is 9.10. The van der Waals surface area contributed by atoms with Crippen molar-refractivity contribution in [3.05, 3.63) is 34.1 Å². The van der Waals surface area contributed by atoms with Crippen molar-refractivity contribution in [2.75, 3.05) is 26.3 Å². The Kier molecular flexibility index (Phi) is 4.80. The van der Waals surface area contributed by atoms with Crippen molar-refractivity contribution in [3.8, 4) is 0 Å². The molecule has 0 aromatic heterocycles. The van der Waals surface area contributed by atoms with E-state index in [-0.39, 0.29) is 11.7 Å². The molecule has 0 saturated carbocycles. The summed E-state index contributed by atoms with van der Waals surface area (Å²) in [5, 5.41) is 0. The van der Waals surface area contributed by atoms with Gasteiger partial charge in [-0.1, -0.05) is 22.0 Å². The number of aryl methyl sites for hydroxylation is 1. The van der Waals surface area contributed by atoms with Gasteiger partial charge in [0.1, 0.15) is 5.82 Å². The molecule has 2 fully saturated rings. The van der Waals surface area contributed by atoms with Crippen LogP contribution < -0.4 is 0 Å². The zero-order valence-electron chi connectivity index (χ0n) is 12.3. The number of hydrogen-bond acceptors (Lipinski definition) is 3. The predicted octanol–water partition coefficient (Wildman–Crippen LogP) is 2.89. The van der Waals surface area contributed by atoms with Gasteiger partial charge in [0.15, 0.2) is 5.79 Å². The van der Waals surface area contributed by atoms with Crippen LogP contribution in [0.15, 0.2) is 22.7 Å². The van der Waals surface area contributed by atoms with Gasteiger partial charge in [0.2, 0.25) is 5.91 Å². The first-order valence-electron chi connectivity index (χ1n) is 7.58. The monoisotopic (exact) mass is 371 g/mol. The van der Waals surface area contributed by atoms with Crippen molar-refractivity contribution < 1.29 is 18.7 Å². The summed E-state index contributed by atoms with van der Waals surface area (Å²) in [6.45, 7) is 2.55. The number of rotatable bonds is 3. The molecule has 0 atom stereocenters. The van der Waals surface area contributed by atoms with E-state index in [1.54, 1.807) is 12.1 Å². The van der Waals surface area contributed by atoms with Crippen LogP contribution in [0.25, 0.3) is 0 Å². The summed E-state index contributed by atoms with van der Waals surface area (Å²) < 4.78 is 25.8. The molecular formula is C16H19BrFNO3. The van der Waals surface area contributed by atoms with Crippen LogP contribution >= 0.6 is 15.9 Å². The van der Waals surface area contributed by atoms with Crippen molar-refractivity contribution in [2.45, 2.75) is 31.5 Å². The summed E-state index contributed by atoms with van der Waals surface area (Å²) >= 11 is 3.23. The SMILES string of the molecule is O=C(CCc1ccc(Br)cc1F)N1CCC2(CC1)OCCO2. The van der Waals surface area contributed by atoms with E-state index in [1.807, 2.05) is 4.90 Å². The van der Waals surface area contributed by atoms with E-state index in [0.29, 0.717) is 62.0 Å². The second kappa shape index (κ2) is 6.64. The van der Waals surface area contributed by atoms with Crippen molar-refractivity contribution in [1.29, 1.82) is 0 Å². The van der Waals surface area contributed by atoms with E-state index < -0.39 is 5.79 Å². The van der Waals surface area contributed by atoms with Gasteiger partial charge in [-0.3, -0.25) is 4.79 Å². The van der Waals surface area contributed by atoms with Gasteiger partial charge in [-0.05, 0) is 24.1 Å². The zero-order chi connectivity index (χ0) is 15.6. The number of carbonyl (C=O) groups is 1. The Balaban J connectivity index is 1.50. The number of amides is 1. The second-order valence-electron chi connectivity index (χ2n) is 5.72. The van der Waals surface area contributed by atoms with Crippen molar-refractivity contribution in [2.24, 2.45) is 0 Å². The molecule has 0 radical (unpaired) electrons. The van der Waals surface area contributed by atoms with Crippen LogP contribution in [0.3, 0.4) is 0 Å². The summed E-state index contributed by atoms with van der Waals surface area (Å²) in [4.78, 5) is 14.1. The van der Waals surface area contributed by atoms with Gasteiger partial charge in [0.25, 0.3) is 0 Å². The van der Waals surface area contributed by atoms with Gasteiger partial charge >= 0.3 is 0 Å². The lowest BCUT2D eigenvalue weighted by Crippen LogP contribution is -2.47. The molecule has 0 unspecified atom stereocenters. The Morgan fingerprint density at radius 2 is 1.95 bits per heavy atom. The molecule has 1 amide bonds. The molecule has 2 heterocycles. The van der Waals surface area contributed by atoms with E-state index in [2.05, 4.69) is 15.9 Å². The van der Waals surface area contributed by atoms with Gasteiger partial charge in [-0.15, -0.1) is 0 Å². The minimum atomic E-state index is -0.464. The number of ether oxygens (including phenoxy) is 2. The Bertz CT molecular complexity index is 550. The van der Waals surface area contributed by atoms with Crippen LogP contribution in [-0.4, -0.2) is 42.9 Å². The molecule has 3 rings (SSSR count). The Morgan fingerprint density at radius 1 is 1.27 bits per heavy atom. The Hall–Kier alpha value is -0.980. The summed E-state index contributed by atoms with van der Waals surface area (Å²) in [6.07, 6.45) is 2.18. The first kappa shape index (κ1) is 15.9. The van der Waals surface area contributed by atoms with Crippen LogP contribution in [0.1, 0.15) is 24.8 Å². The van der Waals surface area contributed by atoms with E-state index in [4.69, 9.17) is 9.47 Å². The van der Waals surface area contributed by atoms with Crippen LogP contribution in [0, 0.1) is 5.82 Å². The van der Waals surface area contributed by atoms with Crippen LogP contribution in [0.4, 0.5) is 4.39 Å². The molecule has 2 aliphatic heterocycles. The van der Waals surface area contributed by atoms with Crippen molar-refractivity contribution in [1.82, 2.24) is 4.90 Å². The average Bonchev–Trinajstić information content (AvgIpc) is 2.95. The molecule has 2 saturated heterocycles. The largest absolute Gasteiger partial charge is 0.347 e. The minimum Gasteiger partial charge on any atom is -0.347 e. The Morgan fingerprint density at radius 3 is 2.59 bits per heavy atom. The summed E-state index contributed by atoms with van der Waals surface area (Å²) in [5.41, 5.74) is 0.576. The third-order valence-corrected chi connectivity index (χ3v) is 4.81. The number of nitrogens with zero attached hydrogens (tertiary/aromatic N) is 1. The molecule has 22 heavy (non-hydrogen) atoms. The molecule has 1 spiro atoms. The zero-order valence-corrected chi connectivity index (χ0v) is 13.9. The standard InChI is InChI=1S/C16H19BrFNO3/c17-13-3-1-12(14(18)11-13)2-4-15(20)19-7-5-16(6-8-19)21-9-10-22-16/h1,3,11H,2,4-10H2. The van der Waals surface area contributed by atoms with Gasteiger partial charge in [-0.25, -0.2) is 4.39 Å². The maximum absolute atomic E-state index is 13.8. The molecule has 6 heteroatoms. The molecule has 2 aliphatic rings. The van der Waals surface area contributed by atoms with Gasteiger partial charge in [-0.2, -0.15) is 0 Å². The van der Waals surface area contributed by atoms with E-state index in [0.717, 1.165) is 0 Å². The predicted molar refractivity (Wildman–Crippen MR) is 82.9 cm³/mol. The fraction of sp³-hybridized carbons (Fsp3) is 0.562. The molecule has 0 N–H and O–H groups in total. The maximum Gasteiger partial charge on any atom is 0.222 e. The first-order chi connectivity index (χ1) is 10.6. The lowest BCUT2D eigenvalue weighted by molar-refractivity contribution is -0.187. The summed E-state index contributed by atoms with van der Waals surface area (Å²) in [6, 6.07) is 4.94. The van der Waals surface area contributed by atoms with Gasteiger partial charge < -0.3 is 14.4 Å². The highest BCUT2D eigenvalue weighted by Gasteiger charge is 2.40. The lowest BCUT2D eigenvalue weighted by Gasteiger charge is -2.37. The van der Waals surface area contributed by atoms with E-state index in [9.17, 15) is 9.18 Å². The summed E-state index contributed by atoms with van der Waals surface area (Å²) in [7, 11) is 0. The summed E-state index contributed by atoms with van der Waals surface area (Å²) in [5.74, 6) is -0.670. The van der Waals surface area contributed by atoms with Crippen LogP contribution in [-0.2, 0) is 20.7 Å². The fourth-order valence-electron chi connectivity index (χ4n) is 3.01. The van der Waals surface area contributed by atoms with Crippen LogP contribution in [0.2, 0.25) is 0 Å². The van der Waals surface area contributed by atoms with Crippen molar-refractivity contribution >= 4 is 21.8 Å². The number of benzene rings is 1. The number of piperidine rings is 1. The Labute approximate surface area is 137 Å². The highest BCUT2D eigenvalue weighted by atomic mass is 79.9. The van der Waals surface area contributed by atoms with E-state index >= 15 is 0 Å². The molecule has 4 nitrogen and oxygen atoms in total. The molecule has 0 bridgehead atoms. The lowest BCUT2D eigenvalue weighted by atomic mass is 10.0. The maximum atomic E-state index is 13.8. The van der Waals surface area contributed by atoms with E-state index in [1.165, 1.54) is 6.07 Å². The second-order valence-corrected chi connectivity index (χ2v) is 6.64. The quantitative estimate of drug-likeness (QED) is 0.819. The number of hydrogen-bond donors (Lipinski definition) is 0. The number of halogens is 2. The van der Waals surface area contributed by atoms with Gasteiger partial charge in [0.05, 0.1) is 13.2 Å². The molecular weight excluding hydrogens is 353 g/mol. The first-order valence-corrected chi connectivity index (χ1v) is 8.37. The third kappa shape index (κ3) is 3.50. The smallest absolute Gasteiger partial charge is 0.222 e. The molecule has 0 aliphatic carbocycles. The third-order valence-electron chi connectivity index (χ3n) is 4.31. The van der Waals surface area contributed by atoms with Crippen LogP contribution in [0.5, 0.6) is 0 Å². The van der Waals surface area contributed by atoms with Gasteiger partial charge in [0, 0.05) is 36.8 Å². The normalized spacial score (nSPS) is 20.5. The highest BCUT2D eigenvalue weighted by Crippen LogP contribution is 2.31. The van der Waals surface area contributed by atoms with Crippen molar-refractivity contribution in [3.63, 3.8) is 0 Å². The molecule has 1 aromatic carbocycles.